The Balaban J connectivity index is 3.30. The van der Waals surface area contributed by atoms with Crippen molar-refractivity contribution < 1.29 is 0 Å². The minimum absolute atomic E-state index is 0.616. The molecule has 0 amide bonds. The third-order valence-corrected chi connectivity index (χ3v) is 2.44. The summed E-state index contributed by atoms with van der Waals surface area (Å²) in [5, 5.41) is 11.2. The standard InChI is InChI=1S/C14H20N2/c1-5-16-13-9-7-6-8-12(13)14(10(2)3)11(4)15/h6-9,15-16H,5H2,1-4H3. The first-order valence-electron chi connectivity index (χ1n) is 5.64. The van der Waals surface area contributed by atoms with Gasteiger partial charge in [-0.05, 0) is 33.8 Å². The molecule has 0 fully saturated rings. The fraction of sp³-hybridized carbons (Fsp3) is 0.357. The highest BCUT2D eigenvalue weighted by Crippen LogP contribution is 2.27. The van der Waals surface area contributed by atoms with E-state index in [0.29, 0.717) is 5.71 Å². The Hall–Kier alpha value is -1.57. The van der Waals surface area contributed by atoms with Crippen molar-refractivity contribution in [2.75, 3.05) is 11.9 Å². The average Bonchev–Trinajstić information content (AvgIpc) is 2.20. The average molecular weight is 216 g/mol. The highest BCUT2D eigenvalue weighted by Gasteiger charge is 2.09. The molecule has 1 rings (SSSR count). The number of benzene rings is 1. The van der Waals surface area contributed by atoms with Gasteiger partial charge in [0, 0.05) is 29.1 Å². The number of rotatable bonds is 4. The Kier molecular flexibility index (Phi) is 4.29. The van der Waals surface area contributed by atoms with Crippen LogP contribution in [0, 0.1) is 5.41 Å². The van der Waals surface area contributed by atoms with E-state index < -0.39 is 0 Å². The van der Waals surface area contributed by atoms with Gasteiger partial charge in [-0.3, -0.25) is 0 Å². The van der Waals surface area contributed by atoms with Gasteiger partial charge < -0.3 is 10.7 Å². The predicted octanol–water partition coefficient (Wildman–Crippen LogP) is 3.95. The number of allylic oxidation sites excluding steroid dienone is 2. The number of hydrogen-bond acceptors (Lipinski definition) is 2. The van der Waals surface area contributed by atoms with Gasteiger partial charge in [0.2, 0.25) is 0 Å². The zero-order valence-corrected chi connectivity index (χ0v) is 10.5. The summed E-state index contributed by atoms with van der Waals surface area (Å²) >= 11 is 0. The molecular formula is C14H20N2. The normalized spacial score (nSPS) is 9.75. The van der Waals surface area contributed by atoms with Crippen LogP contribution < -0.4 is 5.32 Å². The van der Waals surface area contributed by atoms with Crippen molar-refractivity contribution >= 4 is 17.0 Å². The summed E-state index contributed by atoms with van der Waals surface area (Å²) in [5.41, 5.74) is 5.06. The second kappa shape index (κ2) is 5.50. The fourth-order valence-corrected chi connectivity index (χ4v) is 1.89. The van der Waals surface area contributed by atoms with Gasteiger partial charge in [-0.25, -0.2) is 0 Å². The molecule has 16 heavy (non-hydrogen) atoms. The molecule has 2 heteroatoms. The van der Waals surface area contributed by atoms with Crippen molar-refractivity contribution in [1.29, 1.82) is 5.41 Å². The maximum Gasteiger partial charge on any atom is 0.0420 e. The lowest BCUT2D eigenvalue weighted by Crippen LogP contribution is -2.04. The third-order valence-electron chi connectivity index (χ3n) is 2.44. The fourth-order valence-electron chi connectivity index (χ4n) is 1.89. The molecule has 0 aliphatic heterocycles. The number of anilines is 1. The Morgan fingerprint density at radius 2 is 1.81 bits per heavy atom. The molecule has 86 valence electrons. The van der Waals surface area contributed by atoms with E-state index in [2.05, 4.69) is 38.2 Å². The van der Waals surface area contributed by atoms with E-state index in [0.717, 1.165) is 23.4 Å². The predicted molar refractivity (Wildman–Crippen MR) is 72.3 cm³/mol. The zero-order valence-electron chi connectivity index (χ0n) is 10.5. The lowest BCUT2D eigenvalue weighted by molar-refractivity contribution is 1.21. The van der Waals surface area contributed by atoms with E-state index in [4.69, 9.17) is 5.41 Å². The molecular weight excluding hydrogens is 196 g/mol. The van der Waals surface area contributed by atoms with Crippen LogP contribution in [0.2, 0.25) is 0 Å². The Bertz CT molecular complexity index is 412. The molecule has 0 atom stereocenters. The molecule has 0 bridgehead atoms. The van der Waals surface area contributed by atoms with Crippen LogP contribution in [0.4, 0.5) is 5.69 Å². The van der Waals surface area contributed by atoms with Gasteiger partial charge in [-0.2, -0.15) is 0 Å². The first-order valence-corrected chi connectivity index (χ1v) is 5.64. The van der Waals surface area contributed by atoms with E-state index >= 15 is 0 Å². The summed E-state index contributed by atoms with van der Waals surface area (Å²) in [4.78, 5) is 0. The van der Waals surface area contributed by atoms with Crippen LogP contribution in [0.3, 0.4) is 0 Å². The molecule has 0 heterocycles. The second-order valence-electron chi connectivity index (χ2n) is 4.08. The van der Waals surface area contributed by atoms with Crippen molar-refractivity contribution in [3.05, 3.63) is 35.4 Å². The summed E-state index contributed by atoms with van der Waals surface area (Å²) in [6, 6.07) is 8.16. The van der Waals surface area contributed by atoms with E-state index in [9.17, 15) is 0 Å². The summed E-state index contributed by atoms with van der Waals surface area (Å²) in [6.45, 7) is 8.91. The van der Waals surface area contributed by atoms with Gasteiger partial charge in [0.25, 0.3) is 0 Å². The lowest BCUT2D eigenvalue weighted by Gasteiger charge is -2.14. The summed E-state index contributed by atoms with van der Waals surface area (Å²) in [5.74, 6) is 0. The maximum atomic E-state index is 7.86. The smallest absolute Gasteiger partial charge is 0.0420 e. The zero-order chi connectivity index (χ0) is 12.1. The van der Waals surface area contributed by atoms with Crippen LogP contribution in [0.25, 0.3) is 5.57 Å². The molecule has 0 aromatic heterocycles. The summed E-state index contributed by atoms with van der Waals surface area (Å²) in [7, 11) is 0. The first kappa shape index (κ1) is 12.5. The van der Waals surface area contributed by atoms with Gasteiger partial charge in [0.15, 0.2) is 0 Å². The minimum Gasteiger partial charge on any atom is -0.385 e. The molecule has 0 saturated heterocycles. The van der Waals surface area contributed by atoms with Crippen molar-refractivity contribution in [1.82, 2.24) is 0 Å². The minimum atomic E-state index is 0.616. The van der Waals surface area contributed by atoms with Gasteiger partial charge >= 0.3 is 0 Å². The number of hydrogen-bond donors (Lipinski definition) is 2. The van der Waals surface area contributed by atoms with Crippen molar-refractivity contribution in [2.24, 2.45) is 0 Å². The van der Waals surface area contributed by atoms with Crippen LogP contribution >= 0.6 is 0 Å². The molecule has 0 saturated carbocycles. The Morgan fingerprint density at radius 1 is 1.19 bits per heavy atom. The maximum absolute atomic E-state index is 7.86. The van der Waals surface area contributed by atoms with Crippen LogP contribution in [0.1, 0.15) is 33.3 Å². The van der Waals surface area contributed by atoms with Gasteiger partial charge in [-0.15, -0.1) is 0 Å². The Labute approximate surface area is 97.9 Å². The highest BCUT2D eigenvalue weighted by molar-refractivity contribution is 6.23. The van der Waals surface area contributed by atoms with E-state index in [1.165, 1.54) is 5.57 Å². The third kappa shape index (κ3) is 2.72. The van der Waals surface area contributed by atoms with Crippen LogP contribution in [-0.4, -0.2) is 12.3 Å². The van der Waals surface area contributed by atoms with E-state index in [1.807, 2.05) is 19.1 Å². The van der Waals surface area contributed by atoms with E-state index in [1.54, 1.807) is 0 Å². The van der Waals surface area contributed by atoms with Crippen LogP contribution in [-0.2, 0) is 0 Å². The SMILES string of the molecule is CCNc1ccccc1C(C(C)=N)=C(C)C. The molecule has 0 radical (unpaired) electrons. The van der Waals surface area contributed by atoms with Gasteiger partial charge in [0.1, 0.15) is 0 Å². The number of para-hydroxylation sites is 1. The second-order valence-corrected chi connectivity index (χ2v) is 4.08. The molecule has 0 aliphatic rings. The summed E-state index contributed by atoms with van der Waals surface area (Å²) < 4.78 is 0. The summed E-state index contributed by atoms with van der Waals surface area (Å²) in [6.07, 6.45) is 0. The molecule has 1 aromatic carbocycles. The molecule has 1 aromatic rings. The first-order chi connectivity index (χ1) is 7.57. The van der Waals surface area contributed by atoms with Gasteiger partial charge in [-0.1, -0.05) is 23.8 Å². The largest absolute Gasteiger partial charge is 0.385 e. The van der Waals surface area contributed by atoms with Crippen molar-refractivity contribution in [3.63, 3.8) is 0 Å². The molecule has 2 nitrogen and oxygen atoms in total. The number of nitrogens with one attached hydrogen (secondary N) is 2. The molecule has 0 aliphatic carbocycles. The van der Waals surface area contributed by atoms with Crippen molar-refractivity contribution in [2.45, 2.75) is 27.7 Å². The van der Waals surface area contributed by atoms with E-state index in [-0.39, 0.29) is 0 Å². The molecule has 2 N–H and O–H groups in total. The molecule has 0 spiro atoms. The van der Waals surface area contributed by atoms with Gasteiger partial charge in [0.05, 0.1) is 0 Å². The molecule has 0 unspecified atom stereocenters. The van der Waals surface area contributed by atoms with Crippen LogP contribution in [0.15, 0.2) is 29.8 Å². The quantitative estimate of drug-likeness (QED) is 0.734. The monoisotopic (exact) mass is 216 g/mol. The topological polar surface area (TPSA) is 35.9 Å². The Morgan fingerprint density at radius 3 is 2.31 bits per heavy atom. The lowest BCUT2D eigenvalue weighted by atomic mass is 9.96. The highest BCUT2D eigenvalue weighted by atomic mass is 14.9. The van der Waals surface area contributed by atoms with Crippen LogP contribution in [0.5, 0.6) is 0 Å². The van der Waals surface area contributed by atoms with Crippen molar-refractivity contribution in [3.8, 4) is 0 Å².